The zero-order valence-corrected chi connectivity index (χ0v) is 7.58. The van der Waals surface area contributed by atoms with E-state index in [0.717, 1.165) is 12.1 Å². The fourth-order valence-electron chi connectivity index (χ4n) is 1.05. The molecule has 4 heteroatoms. The highest BCUT2D eigenvalue weighted by Crippen LogP contribution is 2.25. The highest BCUT2D eigenvalue weighted by atomic mass is 19.1. The van der Waals surface area contributed by atoms with Gasteiger partial charge in [-0.1, -0.05) is 6.07 Å². The van der Waals surface area contributed by atoms with E-state index in [4.69, 9.17) is 4.74 Å². The number of hydrogen-bond donors (Lipinski definition) is 0. The van der Waals surface area contributed by atoms with E-state index in [1.165, 1.54) is 18.3 Å². The van der Waals surface area contributed by atoms with Crippen LogP contribution >= 0.6 is 0 Å². The van der Waals surface area contributed by atoms with Crippen LogP contribution in [0.5, 0.6) is 11.6 Å². The molecule has 0 spiro atoms. The Morgan fingerprint density at radius 3 is 2.53 bits per heavy atom. The number of aromatic nitrogens is 1. The summed E-state index contributed by atoms with van der Waals surface area (Å²) in [6, 6.07) is 9.14. The third-order valence-corrected chi connectivity index (χ3v) is 1.70. The lowest BCUT2D eigenvalue weighted by Crippen LogP contribution is -1.93. The number of benzene rings is 1. The van der Waals surface area contributed by atoms with Crippen LogP contribution in [-0.4, -0.2) is 4.98 Å². The topological polar surface area (TPSA) is 22.1 Å². The molecule has 2 nitrogen and oxygen atoms in total. The summed E-state index contributed by atoms with van der Waals surface area (Å²) in [6.45, 7) is 0. The van der Waals surface area contributed by atoms with E-state index in [9.17, 15) is 8.78 Å². The summed E-state index contributed by atoms with van der Waals surface area (Å²) in [5.74, 6) is -1.88. The maximum absolute atomic E-state index is 13.1. The van der Waals surface area contributed by atoms with Crippen LogP contribution in [0.2, 0.25) is 0 Å². The maximum atomic E-state index is 13.1. The van der Waals surface area contributed by atoms with E-state index >= 15 is 0 Å². The van der Waals surface area contributed by atoms with Crippen molar-refractivity contribution >= 4 is 0 Å². The van der Waals surface area contributed by atoms with Crippen LogP contribution in [0, 0.1) is 17.7 Å². The zero-order chi connectivity index (χ0) is 10.7. The molecule has 0 atom stereocenters. The number of rotatable bonds is 2. The van der Waals surface area contributed by atoms with E-state index in [-0.39, 0.29) is 5.88 Å². The summed E-state index contributed by atoms with van der Waals surface area (Å²) in [6.07, 6.45) is 1.42. The molecule has 1 aromatic carbocycles. The molecule has 0 fully saturated rings. The molecule has 0 saturated heterocycles. The lowest BCUT2D eigenvalue weighted by Gasteiger charge is -2.05. The van der Waals surface area contributed by atoms with Crippen molar-refractivity contribution in [2.24, 2.45) is 0 Å². The van der Waals surface area contributed by atoms with Gasteiger partial charge in [0.2, 0.25) is 11.6 Å². The van der Waals surface area contributed by atoms with Crippen LogP contribution in [-0.2, 0) is 0 Å². The van der Waals surface area contributed by atoms with Gasteiger partial charge < -0.3 is 4.74 Å². The average Bonchev–Trinajstić information content (AvgIpc) is 2.25. The Morgan fingerprint density at radius 2 is 1.93 bits per heavy atom. The summed E-state index contributed by atoms with van der Waals surface area (Å²) in [7, 11) is 0. The Hall–Kier alpha value is -1.97. The normalized spacial score (nSPS) is 10.0. The number of nitrogens with zero attached hydrogens (tertiary/aromatic N) is 1. The second kappa shape index (κ2) is 4.04. The van der Waals surface area contributed by atoms with Crippen LogP contribution in [0.15, 0.2) is 36.5 Å². The van der Waals surface area contributed by atoms with Gasteiger partial charge in [-0.3, -0.25) is 0 Å². The minimum absolute atomic E-state index is 0.0986. The van der Waals surface area contributed by atoms with Crippen LogP contribution in [0.1, 0.15) is 0 Å². The molecule has 0 amide bonds. The minimum atomic E-state index is -0.763. The molecule has 0 saturated carbocycles. The smallest absolute Gasteiger partial charge is 0.220 e. The predicted octanol–water partition coefficient (Wildman–Crippen LogP) is 2.95. The van der Waals surface area contributed by atoms with Gasteiger partial charge in [0.15, 0.2) is 11.6 Å². The summed E-state index contributed by atoms with van der Waals surface area (Å²) < 4.78 is 31.2. The number of halogens is 2. The first-order valence-electron chi connectivity index (χ1n) is 4.21. The minimum Gasteiger partial charge on any atom is -0.433 e. The van der Waals surface area contributed by atoms with Crippen molar-refractivity contribution in [1.82, 2.24) is 4.98 Å². The van der Waals surface area contributed by atoms with Gasteiger partial charge in [0.25, 0.3) is 0 Å². The number of ether oxygens (including phenoxy) is 1. The van der Waals surface area contributed by atoms with Crippen molar-refractivity contribution < 1.29 is 13.5 Å². The van der Waals surface area contributed by atoms with Crippen molar-refractivity contribution in [2.45, 2.75) is 0 Å². The fraction of sp³-hybridized carbons (Fsp3) is 0. The Morgan fingerprint density at radius 1 is 1.20 bits per heavy atom. The lowest BCUT2D eigenvalue weighted by molar-refractivity contribution is 0.395. The molecular weight excluding hydrogens is 200 g/mol. The number of pyridine rings is 1. The molecule has 1 heterocycles. The fourth-order valence-corrected chi connectivity index (χ4v) is 1.05. The molecule has 75 valence electrons. The first-order chi connectivity index (χ1) is 7.27. The Balaban J connectivity index is 2.32. The second-order valence-corrected chi connectivity index (χ2v) is 2.75. The van der Waals surface area contributed by atoms with E-state index in [1.807, 2.05) is 0 Å². The van der Waals surface area contributed by atoms with Crippen molar-refractivity contribution in [3.63, 3.8) is 0 Å². The van der Waals surface area contributed by atoms with Gasteiger partial charge in [-0.25, -0.2) is 13.8 Å². The molecule has 15 heavy (non-hydrogen) atoms. The quantitative estimate of drug-likeness (QED) is 0.753. The van der Waals surface area contributed by atoms with Crippen molar-refractivity contribution in [3.05, 3.63) is 54.2 Å². The summed E-state index contributed by atoms with van der Waals surface area (Å²) in [5, 5.41) is 0. The van der Waals surface area contributed by atoms with Crippen LogP contribution in [0.3, 0.4) is 0 Å². The maximum Gasteiger partial charge on any atom is 0.220 e. The highest BCUT2D eigenvalue weighted by Gasteiger charge is 2.10. The molecule has 0 bridgehead atoms. The first kappa shape index (κ1) is 9.58. The van der Waals surface area contributed by atoms with Crippen LogP contribution in [0.25, 0.3) is 0 Å². The third kappa shape index (κ3) is 2.10. The van der Waals surface area contributed by atoms with Crippen LogP contribution in [0.4, 0.5) is 8.78 Å². The molecule has 0 aliphatic carbocycles. The van der Waals surface area contributed by atoms with Crippen molar-refractivity contribution in [3.8, 4) is 11.6 Å². The van der Waals surface area contributed by atoms with Gasteiger partial charge in [0, 0.05) is 12.3 Å². The second-order valence-electron chi connectivity index (χ2n) is 2.75. The predicted molar refractivity (Wildman–Crippen MR) is 49.5 cm³/mol. The molecule has 1 aromatic heterocycles. The van der Waals surface area contributed by atoms with Gasteiger partial charge in [0.05, 0.1) is 0 Å². The average molecular weight is 206 g/mol. The SMILES string of the molecule is Fc1cccc(F)c1Oc1c[c]ccn1. The first-order valence-corrected chi connectivity index (χ1v) is 4.21. The number of hydrogen-bond acceptors (Lipinski definition) is 2. The summed E-state index contributed by atoms with van der Waals surface area (Å²) in [4.78, 5) is 3.77. The Labute approximate surface area is 85.2 Å². The molecule has 0 aliphatic heterocycles. The highest BCUT2D eigenvalue weighted by molar-refractivity contribution is 5.29. The van der Waals surface area contributed by atoms with E-state index in [0.29, 0.717) is 0 Å². The van der Waals surface area contributed by atoms with Crippen molar-refractivity contribution in [2.75, 3.05) is 0 Å². The van der Waals surface area contributed by atoms with E-state index < -0.39 is 17.4 Å². The lowest BCUT2D eigenvalue weighted by atomic mass is 10.3. The third-order valence-electron chi connectivity index (χ3n) is 1.70. The van der Waals surface area contributed by atoms with Crippen molar-refractivity contribution in [1.29, 1.82) is 0 Å². The summed E-state index contributed by atoms with van der Waals surface area (Å²) >= 11 is 0. The van der Waals surface area contributed by atoms with E-state index in [2.05, 4.69) is 11.1 Å². The monoisotopic (exact) mass is 206 g/mol. The van der Waals surface area contributed by atoms with Gasteiger partial charge >= 0.3 is 0 Å². The molecule has 1 radical (unpaired) electrons. The molecule has 0 aliphatic rings. The van der Waals surface area contributed by atoms with Crippen LogP contribution < -0.4 is 4.74 Å². The largest absolute Gasteiger partial charge is 0.433 e. The Bertz CT molecular complexity index is 439. The standard InChI is InChI=1S/C11H6F2NO/c12-8-4-3-5-9(13)11(8)15-10-6-1-2-7-14-10/h2-7H. The van der Waals surface area contributed by atoms with Gasteiger partial charge in [0.1, 0.15) is 0 Å². The van der Waals surface area contributed by atoms with Gasteiger partial charge in [-0.2, -0.15) is 0 Å². The molecular formula is C11H6F2NO. The molecule has 0 unspecified atom stereocenters. The number of para-hydroxylation sites is 1. The van der Waals surface area contributed by atoms with Gasteiger partial charge in [-0.15, -0.1) is 0 Å². The summed E-state index contributed by atoms with van der Waals surface area (Å²) in [5.41, 5.74) is 0. The zero-order valence-electron chi connectivity index (χ0n) is 7.58. The molecule has 2 rings (SSSR count). The molecule has 0 N–H and O–H groups in total. The Kier molecular flexibility index (Phi) is 2.58. The van der Waals surface area contributed by atoms with E-state index in [1.54, 1.807) is 6.07 Å². The molecule has 2 aromatic rings. The van der Waals surface area contributed by atoms with Gasteiger partial charge in [-0.05, 0) is 24.3 Å².